The molecular formula is C28H41N3O6. The number of anilines is 1. The number of nitrogens with zero attached hydrogens (tertiary/aromatic N) is 1. The van der Waals surface area contributed by atoms with Crippen LogP contribution in [0.4, 0.5) is 5.69 Å². The van der Waals surface area contributed by atoms with E-state index in [0.29, 0.717) is 44.5 Å². The van der Waals surface area contributed by atoms with Gasteiger partial charge >= 0.3 is 0 Å². The van der Waals surface area contributed by atoms with Crippen LogP contribution in [0.15, 0.2) is 24.3 Å². The molecule has 3 aliphatic heterocycles. The second-order valence-corrected chi connectivity index (χ2v) is 10.5. The van der Waals surface area contributed by atoms with E-state index in [1.807, 2.05) is 13.8 Å². The number of unbranched alkanes of at least 4 members (excludes halogenated alkanes) is 2. The second-order valence-electron chi connectivity index (χ2n) is 10.5. The van der Waals surface area contributed by atoms with E-state index in [1.165, 1.54) is 0 Å². The van der Waals surface area contributed by atoms with Gasteiger partial charge in [0.15, 0.2) is 0 Å². The van der Waals surface area contributed by atoms with Gasteiger partial charge in [-0.3, -0.25) is 14.4 Å². The zero-order valence-corrected chi connectivity index (χ0v) is 22.2. The lowest BCUT2D eigenvalue weighted by atomic mass is 9.70. The number of hydrogen-bond acceptors (Lipinski definition) is 6. The minimum atomic E-state index is -0.990. The standard InChI is InChI=1S/C28H41N3O6/c1-4-9-18(3)29-26(34)24-28-15-14-21(37-28)22(23(28)27(35)31(24)16-7-6-8-17-32)25(33)30-19-10-12-20(13-11-19)36-5-2/h10-13,18,21-24,32H,4-9,14-17H2,1-3H3,(H,29,34)(H,30,33)/t18?,21-,22+,23+,24?,28?/m1/s1. The summed E-state index contributed by atoms with van der Waals surface area (Å²) in [6.45, 7) is 7.00. The lowest BCUT2D eigenvalue weighted by Gasteiger charge is -2.34. The normalized spacial score (nSPS) is 28.8. The highest BCUT2D eigenvalue weighted by atomic mass is 16.5. The largest absolute Gasteiger partial charge is 0.494 e. The number of ether oxygens (including phenoxy) is 2. The molecule has 3 fully saturated rings. The van der Waals surface area contributed by atoms with Gasteiger partial charge in [0.05, 0.1) is 24.5 Å². The van der Waals surface area contributed by atoms with Crippen molar-refractivity contribution in [1.82, 2.24) is 10.2 Å². The number of carbonyl (C=O) groups excluding carboxylic acids is 3. The van der Waals surface area contributed by atoms with E-state index >= 15 is 0 Å². The third-order valence-electron chi connectivity index (χ3n) is 7.95. The Kier molecular flexibility index (Phi) is 8.75. The molecule has 3 saturated heterocycles. The SMILES string of the molecule is CCCC(C)NC(=O)C1N(CCCCCO)C(=O)[C@@H]2[C@@H](C(=O)Nc3ccc(OCC)cc3)[C@H]3CCC12O3. The molecule has 0 radical (unpaired) electrons. The molecule has 6 atom stereocenters. The summed E-state index contributed by atoms with van der Waals surface area (Å²) in [5.74, 6) is -1.26. The first kappa shape index (κ1) is 27.4. The molecular weight excluding hydrogens is 474 g/mol. The average Bonchev–Trinajstić information content (AvgIpc) is 3.51. The van der Waals surface area contributed by atoms with Crippen molar-refractivity contribution < 1.29 is 29.0 Å². The minimum Gasteiger partial charge on any atom is -0.494 e. The molecule has 0 saturated carbocycles. The number of fused-ring (bicyclic) bond motifs is 1. The predicted octanol–water partition coefficient (Wildman–Crippen LogP) is 2.87. The van der Waals surface area contributed by atoms with Crippen LogP contribution in [0.3, 0.4) is 0 Å². The number of benzene rings is 1. The van der Waals surface area contributed by atoms with Gasteiger partial charge in [-0.05, 0) is 76.6 Å². The Morgan fingerprint density at radius 2 is 1.95 bits per heavy atom. The molecule has 3 amide bonds. The van der Waals surface area contributed by atoms with Gasteiger partial charge < -0.3 is 30.1 Å². The lowest BCUT2D eigenvalue weighted by Crippen LogP contribution is -2.56. The monoisotopic (exact) mass is 515 g/mol. The summed E-state index contributed by atoms with van der Waals surface area (Å²) in [4.78, 5) is 42.7. The maximum atomic E-state index is 13.9. The number of nitrogens with one attached hydrogen (secondary N) is 2. The van der Waals surface area contributed by atoms with E-state index < -0.39 is 29.6 Å². The highest BCUT2D eigenvalue weighted by Gasteiger charge is 2.74. The summed E-state index contributed by atoms with van der Waals surface area (Å²) < 4.78 is 11.9. The Bertz CT molecular complexity index is 969. The van der Waals surface area contributed by atoms with E-state index in [0.717, 1.165) is 25.0 Å². The van der Waals surface area contributed by atoms with Gasteiger partial charge in [0.2, 0.25) is 17.7 Å². The number of rotatable bonds is 13. The van der Waals surface area contributed by atoms with Gasteiger partial charge in [0.25, 0.3) is 0 Å². The third kappa shape index (κ3) is 5.34. The van der Waals surface area contributed by atoms with E-state index in [-0.39, 0.29) is 30.4 Å². The molecule has 1 spiro atoms. The second kappa shape index (κ2) is 11.8. The van der Waals surface area contributed by atoms with Crippen molar-refractivity contribution in [1.29, 1.82) is 0 Å². The van der Waals surface area contributed by atoms with Crippen LogP contribution >= 0.6 is 0 Å². The molecule has 37 heavy (non-hydrogen) atoms. The first-order valence-electron chi connectivity index (χ1n) is 13.8. The Morgan fingerprint density at radius 1 is 1.19 bits per heavy atom. The van der Waals surface area contributed by atoms with Crippen LogP contribution in [-0.4, -0.2) is 71.3 Å². The summed E-state index contributed by atoms with van der Waals surface area (Å²) in [5.41, 5.74) is -0.366. The van der Waals surface area contributed by atoms with Crippen molar-refractivity contribution >= 4 is 23.4 Å². The number of likely N-dealkylation sites (tertiary alicyclic amines) is 1. The zero-order valence-electron chi connectivity index (χ0n) is 22.2. The smallest absolute Gasteiger partial charge is 0.246 e. The Labute approximate surface area is 219 Å². The summed E-state index contributed by atoms with van der Waals surface area (Å²) in [7, 11) is 0. The molecule has 3 heterocycles. The third-order valence-corrected chi connectivity index (χ3v) is 7.95. The topological polar surface area (TPSA) is 117 Å². The molecule has 9 nitrogen and oxygen atoms in total. The number of amides is 3. The first-order valence-corrected chi connectivity index (χ1v) is 13.8. The lowest BCUT2D eigenvalue weighted by molar-refractivity contribution is -0.141. The van der Waals surface area contributed by atoms with Crippen molar-refractivity contribution in [3.63, 3.8) is 0 Å². The molecule has 3 unspecified atom stereocenters. The van der Waals surface area contributed by atoms with Crippen molar-refractivity contribution in [3.8, 4) is 5.75 Å². The minimum absolute atomic E-state index is 0.0170. The van der Waals surface area contributed by atoms with Crippen molar-refractivity contribution in [2.45, 2.75) is 89.5 Å². The molecule has 9 heteroatoms. The molecule has 3 aliphatic rings. The van der Waals surface area contributed by atoms with Crippen LogP contribution in [-0.2, 0) is 19.1 Å². The number of aliphatic hydroxyl groups is 1. The van der Waals surface area contributed by atoms with Crippen molar-refractivity contribution in [2.75, 3.05) is 25.1 Å². The van der Waals surface area contributed by atoms with Crippen LogP contribution in [0, 0.1) is 11.8 Å². The number of hydrogen-bond donors (Lipinski definition) is 3. The molecule has 0 aromatic heterocycles. The van der Waals surface area contributed by atoms with E-state index in [4.69, 9.17) is 14.6 Å². The van der Waals surface area contributed by atoms with Gasteiger partial charge in [-0.25, -0.2) is 0 Å². The van der Waals surface area contributed by atoms with Crippen LogP contribution < -0.4 is 15.4 Å². The van der Waals surface area contributed by atoms with E-state index in [2.05, 4.69) is 17.6 Å². The van der Waals surface area contributed by atoms with Crippen LogP contribution in [0.5, 0.6) is 5.75 Å². The van der Waals surface area contributed by atoms with Crippen molar-refractivity contribution in [2.24, 2.45) is 11.8 Å². The summed E-state index contributed by atoms with van der Waals surface area (Å²) in [5, 5.41) is 15.2. The fourth-order valence-electron chi connectivity index (χ4n) is 6.42. The maximum absolute atomic E-state index is 13.9. The van der Waals surface area contributed by atoms with Crippen LogP contribution in [0.2, 0.25) is 0 Å². The summed E-state index contributed by atoms with van der Waals surface area (Å²) in [6, 6.07) is 6.38. The van der Waals surface area contributed by atoms with Gasteiger partial charge in [-0.15, -0.1) is 0 Å². The van der Waals surface area contributed by atoms with Crippen LogP contribution in [0.25, 0.3) is 0 Å². The predicted molar refractivity (Wildman–Crippen MR) is 139 cm³/mol. The average molecular weight is 516 g/mol. The Morgan fingerprint density at radius 3 is 2.62 bits per heavy atom. The Balaban J connectivity index is 1.56. The highest BCUT2D eigenvalue weighted by molar-refractivity contribution is 6.02. The quantitative estimate of drug-likeness (QED) is 0.348. The van der Waals surface area contributed by atoms with Crippen LogP contribution in [0.1, 0.15) is 65.7 Å². The number of carbonyl (C=O) groups is 3. The molecule has 2 bridgehead atoms. The maximum Gasteiger partial charge on any atom is 0.246 e. The molecule has 3 N–H and O–H groups in total. The molecule has 1 aromatic carbocycles. The molecule has 4 rings (SSSR count). The fraction of sp³-hybridized carbons (Fsp3) is 0.679. The Hall–Kier alpha value is -2.65. The van der Waals surface area contributed by atoms with Gasteiger partial charge in [-0.2, -0.15) is 0 Å². The van der Waals surface area contributed by atoms with Crippen molar-refractivity contribution in [3.05, 3.63) is 24.3 Å². The molecule has 1 aromatic rings. The summed E-state index contributed by atoms with van der Waals surface area (Å²) >= 11 is 0. The number of aliphatic hydroxyl groups excluding tert-OH is 1. The molecule has 204 valence electrons. The zero-order chi connectivity index (χ0) is 26.6. The van der Waals surface area contributed by atoms with Gasteiger partial charge in [0, 0.05) is 24.9 Å². The first-order chi connectivity index (χ1) is 17.9. The fourth-order valence-corrected chi connectivity index (χ4v) is 6.42. The van der Waals surface area contributed by atoms with Gasteiger partial charge in [-0.1, -0.05) is 13.3 Å². The molecule has 0 aliphatic carbocycles. The van der Waals surface area contributed by atoms with E-state index in [9.17, 15) is 14.4 Å². The summed E-state index contributed by atoms with van der Waals surface area (Å²) in [6.07, 6.45) is 4.68. The van der Waals surface area contributed by atoms with E-state index in [1.54, 1.807) is 29.2 Å². The van der Waals surface area contributed by atoms with Gasteiger partial charge in [0.1, 0.15) is 17.4 Å². The highest BCUT2D eigenvalue weighted by Crippen LogP contribution is 2.58.